The summed E-state index contributed by atoms with van der Waals surface area (Å²) in [5.74, 6) is 0.612. The summed E-state index contributed by atoms with van der Waals surface area (Å²) < 4.78 is 5.23. The van der Waals surface area contributed by atoms with E-state index in [1.165, 1.54) is 0 Å². The van der Waals surface area contributed by atoms with E-state index in [-0.39, 0.29) is 6.04 Å². The zero-order valence-electron chi connectivity index (χ0n) is 8.02. The van der Waals surface area contributed by atoms with E-state index in [0.29, 0.717) is 12.4 Å². The fourth-order valence-electron chi connectivity index (χ4n) is 1.50. The summed E-state index contributed by atoms with van der Waals surface area (Å²) in [4.78, 5) is 4.42. The van der Waals surface area contributed by atoms with E-state index >= 15 is 0 Å². The molecule has 0 spiro atoms. The Morgan fingerprint density at radius 3 is 2.79 bits per heavy atom. The van der Waals surface area contributed by atoms with Gasteiger partial charge in [0.2, 0.25) is 0 Å². The molecule has 2 rings (SSSR count). The molecule has 1 aliphatic heterocycles. The van der Waals surface area contributed by atoms with Gasteiger partial charge in [0, 0.05) is 12.2 Å². The third kappa shape index (κ3) is 2.12. The number of amidine groups is 1. The van der Waals surface area contributed by atoms with Crippen LogP contribution in [0.1, 0.15) is 12.0 Å². The number of nitrogens with two attached hydrogens (primary N) is 1. The first kappa shape index (κ1) is 9.21. The molecule has 1 atom stereocenters. The summed E-state index contributed by atoms with van der Waals surface area (Å²) >= 11 is 0. The Labute approximate surface area is 83.6 Å². The predicted octanol–water partition coefficient (Wildman–Crippen LogP) is 1.18. The van der Waals surface area contributed by atoms with E-state index in [0.717, 1.165) is 18.6 Å². The Hall–Kier alpha value is -1.35. The predicted molar refractivity (Wildman–Crippen MR) is 56.4 cm³/mol. The van der Waals surface area contributed by atoms with E-state index in [4.69, 9.17) is 10.5 Å². The van der Waals surface area contributed by atoms with E-state index in [1.54, 1.807) is 0 Å². The molecule has 0 bridgehead atoms. The number of hydrogen-bond donors (Lipinski definition) is 1. The lowest BCUT2D eigenvalue weighted by Crippen LogP contribution is -2.17. The lowest BCUT2D eigenvalue weighted by molar-refractivity contribution is 0.194. The van der Waals surface area contributed by atoms with Gasteiger partial charge in [0.25, 0.3) is 0 Å². The molecule has 1 unspecified atom stereocenters. The first-order valence-electron chi connectivity index (χ1n) is 4.83. The van der Waals surface area contributed by atoms with E-state index in [2.05, 4.69) is 4.99 Å². The van der Waals surface area contributed by atoms with Crippen molar-refractivity contribution >= 4 is 5.84 Å². The van der Waals surface area contributed by atoms with Gasteiger partial charge in [0.05, 0.1) is 12.6 Å². The molecule has 0 amide bonds. The molecule has 0 saturated carbocycles. The van der Waals surface area contributed by atoms with Gasteiger partial charge < -0.3 is 10.5 Å². The minimum absolute atomic E-state index is 0.246. The Kier molecular flexibility index (Phi) is 2.79. The van der Waals surface area contributed by atoms with Gasteiger partial charge in [0.1, 0.15) is 5.84 Å². The molecular formula is C11H14N2O. The van der Waals surface area contributed by atoms with Crippen molar-refractivity contribution in [2.75, 3.05) is 13.2 Å². The second-order valence-electron chi connectivity index (χ2n) is 3.40. The van der Waals surface area contributed by atoms with Gasteiger partial charge in [-0.1, -0.05) is 30.3 Å². The molecule has 3 heteroatoms. The summed E-state index contributed by atoms with van der Waals surface area (Å²) in [6, 6.07) is 10.1. The van der Waals surface area contributed by atoms with E-state index < -0.39 is 0 Å². The fraction of sp³-hybridized carbons (Fsp3) is 0.364. The highest BCUT2D eigenvalue weighted by Crippen LogP contribution is 2.09. The Bertz CT molecular complexity index is 315. The van der Waals surface area contributed by atoms with Crippen molar-refractivity contribution in [3.63, 3.8) is 0 Å². The zero-order valence-corrected chi connectivity index (χ0v) is 8.02. The molecule has 1 aliphatic rings. The number of hydrogen-bond acceptors (Lipinski definition) is 2. The summed E-state index contributed by atoms with van der Waals surface area (Å²) in [5.41, 5.74) is 6.85. The minimum Gasteiger partial charge on any atom is -0.383 e. The Morgan fingerprint density at radius 2 is 2.14 bits per heavy atom. The highest BCUT2D eigenvalue weighted by atomic mass is 16.5. The van der Waals surface area contributed by atoms with Crippen LogP contribution in [0.15, 0.2) is 35.3 Å². The number of nitrogens with zero attached hydrogens (tertiary/aromatic N) is 1. The summed E-state index contributed by atoms with van der Waals surface area (Å²) in [7, 11) is 0. The topological polar surface area (TPSA) is 47.6 Å². The SMILES string of the molecule is NC(=NC1CCOC1)c1ccccc1. The first-order chi connectivity index (χ1) is 6.86. The maximum Gasteiger partial charge on any atom is 0.125 e. The van der Waals surface area contributed by atoms with Gasteiger partial charge in [-0.25, -0.2) is 0 Å². The molecule has 14 heavy (non-hydrogen) atoms. The van der Waals surface area contributed by atoms with Crippen molar-refractivity contribution in [2.24, 2.45) is 10.7 Å². The molecule has 0 radical (unpaired) electrons. The van der Waals surface area contributed by atoms with Crippen LogP contribution in [0.25, 0.3) is 0 Å². The first-order valence-corrected chi connectivity index (χ1v) is 4.83. The number of aliphatic imine (C=N–C) groups is 1. The molecule has 1 fully saturated rings. The van der Waals surface area contributed by atoms with Crippen LogP contribution in [-0.4, -0.2) is 25.1 Å². The van der Waals surface area contributed by atoms with Gasteiger partial charge in [-0.3, -0.25) is 4.99 Å². The van der Waals surface area contributed by atoms with Gasteiger partial charge in [-0.2, -0.15) is 0 Å². The van der Waals surface area contributed by atoms with Crippen LogP contribution >= 0.6 is 0 Å². The van der Waals surface area contributed by atoms with Crippen molar-refractivity contribution in [3.05, 3.63) is 35.9 Å². The molecule has 74 valence electrons. The molecule has 1 aromatic rings. The summed E-state index contributed by atoms with van der Waals surface area (Å²) in [6.45, 7) is 1.50. The summed E-state index contributed by atoms with van der Waals surface area (Å²) in [6.07, 6.45) is 0.980. The zero-order chi connectivity index (χ0) is 9.80. The van der Waals surface area contributed by atoms with Crippen molar-refractivity contribution < 1.29 is 4.74 Å². The Morgan fingerprint density at radius 1 is 1.36 bits per heavy atom. The lowest BCUT2D eigenvalue weighted by Gasteiger charge is -2.04. The van der Waals surface area contributed by atoms with Crippen LogP contribution in [0.4, 0.5) is 0 Å². The van der Waals surface area contributed by atoms with Crippen LogP contribution in [0.5, 0.6) is 0 Å². The molecule has 1 heterocycles. The van der Waals surface area contributed by atoms with E-state index in [9.17, 15) is 0 Å². The molecule has 3 nitrogen and oxygen atoms in total. The monoisotopic (exact) mass is 190 g/mol. The van der Waals surface area contributed by atoms with Crippen molar-refractivity contribution in [1.82, 2.24) is 0 Å². The van der Waals surface area contributed by atoms with Crippen molar-refractivity contribution in [3.8, 4) is 0 Å². The standard InChI is InChI=1S/C11H14N2O/c12-11(9-4-2-1-3-5-9)13-10-6-7-14-8-10/h1-5,10H,6-8H2,(H2,12,13). The minimum atomic E-state index is 0.246. The van der Waals surface area contributed by atoms with Crippen LogP contribution in [0.2, 0.25) is 0 Å². The second kappa shape index (κ2) is 4.24. The molecule has 0 aliphatic carbocycles. The largest absolute Gasteiger partial charge is 0.383 e. The van der Waals surface area contributed by atoms with Gasteiger partial charge in [-0.15, -0.1) is 0 Å². The van der Waals surface area contributed by atoms with Crippen LogP contribution in [0.3, 0.4) is 0 Å². The maximum atomic E-state index is 5.87. The molecule has 0 aromatic heterocycles. The number of benzene rings is 1. The molecular weight excluding hydrogens is 176 g/mol. The molecule has 1 saturated heterocycles. The number of rotatable bonds is 2. The quantitative estimate of drug-likeness (QED) is 0.562. The summed E-state index contributed by atoms with van der Waals surface area (Å²) in [5, 5.41) is 0. The molecule has 2 N–H and O–H groups in total. The van der Waals surface area contributed by atoms with Crippen LogP contribution in [0, 0.1) is 0 Å². The highest BCUT2D eigenvalue weighted by Gasteiger charge is 2.14. The Balaban J connectivity index is 2.10. The fourth-order valence-corrected chi connectivity index (χ4v) is 1.50. The van der Waals surface area contributed by atoms with Crippen molar-refractivity contribution in [2.45, 2.75) is 12.5 Å². The van der Waals surface area contributed by atoms with Crippen LogP contribution < -0.4 is 5.73 Å². The average Bonchev–Trinajstić information content (AvgIpc) is 2.72. The van der Waals surface area contributed by atoms with Crippen molar-refractivity contribution in [1.29, 1.82) is 0 Å². The third-order valence-corrected chi connectivity index (χ3v) is 2.30. The van der Waals surface area contributed by atoms with E-state index in [1.807, 2.05) is 30.3 Å². The van der Waals surface area contributed by atoms with Gasteiger partial charge in [-0.05, 0) is 6.42 Å². The average molecular weight is 190 g/mol. The number of ether oxygens (including phenoxy) is 1. The second-order valence-corrected chi connectivity index (χ2v) is 3.40. The lowest BCUT2D eigenvalue weighted by atomic mass is 10.2. The highest BCUT2D eigenvalue weighted by molar-refractivity contribution is 5.97. The smallest absolute Gasteiger partial charge is 0.125 e. The van der Waals surface area contributed by atoms with Crippen LogP contribution in [-0.2, 0) is 4.74 Å². The molecule has 1 aromatic carbocycles. The normalized spacial score (nSPS) is 22.6. The van der Waals surface area contributed by atoms with Gasteiger partial charge >= 0.3 is 0 Å². The maximum absolute atomic E-state index is 5.87. The third-order valence-electron chi connectivity index (χ3n) is 2.30. The van der Waals surface area contributed by atoms with Gasteiger partial charge in [0.15, 0.2) is 0 Å².